The molecule has 0 N–H and O–H groups in total. The van der Waals surface area contributed by atoms with Crippen LogP contribution in [0.2, 0.25) is 0 Å². The van der Waals surface area contributed by atoms with Crippen LogP contribution in [0.15, 0.2) is 12.1 Å². The van der Waals surface area contributed by atoms with Gasteiger partial charge in [-0.3, -0.25) is 4.79 Å². The molecule has 0 unspecified atom stereocenters. The Morgan fingerprint density at radius 1 is 1.48 bits per heavy atom. The molecule has 0 radical (unpaired) electrons. The van der Waals surface area contributed by atoms with E-state index in [4.69, 9.17) is 4.74 Å². The van der Waals surface area contributed by atoms with Gasteiger partial charge in [0.25, 0.3) is 5.91 Å². The summed E-state index contributed by atoms with van der Waals surface area (Å²) in [6, 6.07) is 2.59. The number of carbonyl (C=O) groups is 1. The molecule has 9 nitrogen and oxygen atoms in total. The average molecular weight is 371 g/mol. The second-order valence-corrected chi connectivity index (χ2v) is 8.19. The van der Waals surface area contributed by atoms with Crippen molar-refractivity contribution in [1.82, 2.24) is 9.88 Å². The minimum absolute atomic E-state index is 0.0506. The molecular weight excluding hydrogens is 350 g/mol. The van der Waals surface area contributed by atoms with Crippen molar-refractivity contribution in [2.24, 2.45) is 0 Å². The van der Waals surface area contributed by atoms with E-state index in [2.05, 4.69) is 4.98 Å². The average Bonchev–Trinajstić information content (AvgIpc) is 2.90. The largest absolute Gasteiger partial charge is 0.476 e. The third kappa shape index (κ3) is 4.88. The van der Waals surface area contributed by atoms with Crippen LogP contribution in [0.5, 0.6) is 5.75 Å². The number of hydrogen-bond donors (Lipinski definition) is 0. The highest BCUT2D eigenvalue weighted by Crippen LogP contribution is 2.25. The molecule has 0 aromatic carbocycles. The Kier molecular flexibility index (Phi) is 5.93. The van der Waals surface area contributed by atoms with Crippen LogP contribution in [0.1, 0.15) is 25.5 Å². The Hall–Kier alpha value is -2.23. The van der Waals surface area contributed by atoms with Gasteiger partial charge in [-0.2, -0.15) is 0 Å². The molecule has 2 rings (SSSR count). The van der Waals surface area contributed by atoms with Gasteiger partial charge < -0.3 is 19.8 Å². The molecule has 0 saturated carbocycles. The highest BCUT2D eigenvalue weighted by Gasteiger charge is 2.34. The van der Waals surface area contributed by atoms with Crippen LogP contribution in [0, 0.1) is 17.0 Å². The number of carbonyl (C=O) groups excluding carboxylic acids is 1. The molecule has 10 heteroatoms. The number of pyridine rings is 1. The lowest BCUT2D eigenvalue weighted by Crippen LogP contribution is -2.44. The Labute approximate surface area is 146 Å². The lowest BCUT2D eigenvalue weighted by molar-refractivity contribution is -0.390. The monoisotopic (exact) mass is 371 g/mol. The minimum Gasteiger partial charge on any atom is -0.476 e. The number of amides is 1. The maximum atomic E-state index is 12.5. The van der Waals surface area contributed by atoms with E-state index < -0.39 is 27.2 Å². The lowest BCUT2D eigenvalue weighted by Gasteiger charge is -2.27. The first-order chi connectivity index (χ1) is 11.7. The molecule has 0 aliphatic carbocycles. The highest BCUT2D eigenvalue weighted by molar-refractivity contribution is 7.91. The molecule has 1 fully saturated rings. The van der Waals surface area contributed by atoms with Crippen LogP contribution in [0.25, 0.3) is 0 Å². The Balaban J connectivity index is 2.08. The number of ether oxygens (including phenoxy) is 1. The van der Waals surface area contributed by atoms with Gasteiger partial charge >= 0.3 is 5.82 Å². The van der Waals surface area contributed by atoms with E-state index in [0.29, 0.717) is 25.1 Å². The fourth-order valence-electron chi connectivity index (χ4n) is 2.77. The van der Waals surface area contributed by atoms with E-state index in [9.17, 15) is 23.3 Å². The SMILES string of the molecule is CCCN(C(=O)COc1ccc(C)nc1[N+](=O)[O-])[C@H]1CCS(=O)(=O)C1. The summed E-state index contributed by atoms with van der Waals surface area (Å²) in [5.41, 5.74) is 0.467. The third-order valence-electron chi connectivity index (χ3n) is 3.94. The van der Waals surface area contributed by atoms with Gasteiger partial charge in [-0.05, 0) is 34.9 Å². The zero-order valence-corrected chi connectivity index (χ0v) is 15.0. The highest BCUT2D eigenvalue weighted by atomic mass is 32.2. The molecule has 2 heterocycles. The van der Waals surface area contributed by atoms with Crippen molar-refractivity contribution in [3.05, 3.63) is 27.9 Å². The summed E-state index contributed by atoms with van der Waals surface area (Å²) in [6.45, 7) is 3.52. The van der Waals surface area contributed by atoms with E-state index in [1.165, 1.54) is 11.0 Å². The molecule has 1 amide bonds. The van der Waals surface area contributed by atoms with Crippen molar-refractivity contribution in [2.75, 3.05) is 24.7 Å². The quantitative estimate of drug-likeness (QED) is 0.520. The van der Waals surface area contributed by atoms with Gasteiger partial charge in [-0.15, -0.1) is 0 Å². The smallest absolute Gasteiger partial charge is 0.406 e. The lowest BCUT2D eigenvalue weighted by atomic mass is 10.2. The second-order valence-electron chi connectivity index (χ2n) is 5.96. The summed E-state index contributed by atoms with van der Waals surface area (Å²) in [4.78, 5) is 28.1. The minimum atomic E-state index is -3.12. The van der Waals surface area contributed by atoms with Gasteiger partial charge in [-0.25, -0.2) is 8.42 Å². The van der Waals surface area contributed by atoms with Crippen molar-refractivity contribution < 1.29 is 22.9 Å². The number of nitrogens with zero attached hydrogens (tertiary/aromatic N) is 3. The molecular formula is C15H21N3O6S. The van der Waals surface area contributed by atoms with E-state index >= 15 is 0 Å². The molecule has 1 aromatic rings. The van der Waals surface area contributed by atoms with E-state index in [1.807, 2.05) is 6.92 Å². The predicted octanol–water partition coefficient (Wildman–Crippen LogP) is 1.10. The molecule has 1 atom stereocenters. The maximum absolute atomic E-state index is 12.5. The van der Waals surface area contributed by atoms with Gasteiger partial charge in [0, 0.05) is 19.5 Å². The Morgan fingerprint density at radius 2 is 2.20 bits per heavy atom. The second kappa shape index (κ2) is 7.77. The number of aryl methyl sites for hydroxylation is 1. The van der Waals surface area contributed by atoms with Crippen molar-refractivity contribution >= 4 is 21.6 Å². The van der Waals surface area contributed by atoms with Crippen LogP contribution in [-0.2, 0) is 14.6 Å². The van der Waals surface area contributed by atoms with Crippen molar-refractivity contribution in [1.29, 1.82) is 0 Å². The molecule has 0 bridgehead atoms. The topological polar surface area (TPSA) is 120 Å². The van der Waals surface area contributed by atoms with E-state index in [0.717, 1.165) is 0 Å². The molecule has 1 aliphatic heterocycles. The standard InChI is InChI=1S/C15H21N3O6S/c1-3-7-17(12-6-8-25(22,23)10-12)14(19)9-24-13-5-4-11(2)16-15(13)18(20)21/h4-5,12H,3,6-10H2,1-2H3/t12-/m0/s1. The summed E-state index contributed by atoms with van der Waals surface area (Å²) in [5.74, 6) is -0.902. The van der Waals surface area contributed by atoms with Crippen molar-refractivity contribution in [3.63, 3.8) is 0 Å². The van der Waals surface area contributed by atoms with Gasteiger partial charge in [0.05, 0.1) is 11.5 Å². The summed E-state index contributed by atoms with van der Waals surface area (Å²) in [5, 5.41) is 11.0. The Morgan fingerprint density at radius 3 is 2.76 bits per heavy atom. The first-order valence-electron chi connectivity index (χ1n) is 7.98. The first-order valence-corrected chi connectivity index (χ1v) is 9.80. The fraction of sp³-hybridized carbons (Fsp3) is 0.600. The number of aromatic nitrogens is 1. The van der Waals surface area contributed by atoms with Crippen LogP contribution in [-0.4, -0.2) is 59.8 Å². The van der Waals surface area contributed by atoms with Crippen LogP contribution in [0.4, 0.5) is 5.82 Å². The van der Waals surface area contributed by atoms with Crippen molar-refractivity contribution in [3.8, 4) is 5.75 Å². The molecule has 0 spiro atoms. The molecule has 138 valence electrons. The number of sulfone groups is 1. The summed E-state index contributed by atoms with van der Waals surface area (Å²) >= 11 is 0. The van der Waals surface area contributed by atoms with Crippen LogP contribution >= 0.6 is 0 Å². The number of rotatable bonds is 7. The van der Waals surface area contributed by atoms with Gasteiger partial charge in [0.15, 0.2) is 16.4 Å². The van der Waals surface area contributed by atoms with Crippen LogP contribution < -0.4 is 4.74 Å². The first kappa shape index (κ1) is 19.1. The number of nitro groups is 1. The maximum Gasteiger partial charge on any atom is 0.406 e. The number of hydrogen-bond acceptors (Lipinski definition) is 7. The predicted molar refractivity (Wildman–Crippen MR) is 90.2 cm³/mol. The summed E-state index contributed by atoms with van der Waals surface area (Å²) < 4.78 is 28.6. The van der Waals surface area contributed by atoms with Crippen LogP contribution in [0.3, 0.4) is 0 Å². The molecule has 1 aliphatic rings. The van der Waals surface area contributed by atoms with Gasteiger partial charge in [0.2, 0.25) is 5.75 Å². The molecule has 1 saturated heterocycles. The van der Waals surface area contributed by atoms with E-state index in [-0.39, 0.29) is 29.2 Å². The molecule has 25 heavy (non-hydrogen) atoms. The van der Waals surface area contributed by atoms with Crippen molar-refractivity contribution in [2.45, 2.75) is 32.7 Å². The fourth-order valence-corrected chi connectivity index (χ4v) is 4.50. The zero-order chi connectivity index (χ0) is 18.6. The molecule has 1 aromatic heterocycles. The van der Waals surface area contributed by atoms with Gasteiger partial charge in [-0.1, -0.05) is 6.92 Å². The third-order valence-corrected chi connectivity index (χ3v) is 5.69. The summed E-state index contributed by atoms with van der Waals surface area (Å²) in [6.07, 6.45) is 1.08. The van der Waals surface area contributed by atoms with E-state index in [1.54, 1.807) is 13.0 Å². The van der Waals surface area contributed by atoms with Gasteiger partial charge in [0.1, 0.15) is 5.69 Å². The zero-order valence-electron chi connectivity index (χ0n) is 14.2. The summed E-state index contributed by atoms with van der Waals surface area (Å²) in [7, 11) is -3.12. The normalized spacial score (nSPS) is 18.7. The Bertz CT molecular complexity index is 765.